The third kappa shape index (κ3) is 2.68. The van der Waals surface area contributed by atoms with Gasteiger partial charge in [-0.1, -0.05) is 12.2 Å². The SMILES string of the molecule is C=C1CCCC(C(N)=O)CCC1. The Kier molecular flexibility index (Phi) is 3.32. The molecule has 0 atom stereocenters. The van der Waals surface area contributed by atoms with Crippen molar-refractivity contribution in [1.29, 1.82) is 0 Å². The van der Waals surface area contributed by atoms with Crippen LogP contribution in [0.25, 0.3) is 0 Å². The summed E-state index contributed by atoms with van der Waals surface area (Å²) >= 11 is 0. The first-order valence-electron chi connectivity index (χ1n) is 4.66. The van der Waals surface area contributed by atoms with Crippen LogP contribution in [0.4, 0.5) is 0 Å². The fourth-order valence-electron chi connectivity index (χ4n) is 1.75. The van der Waals surface area contributed by atoms with Crippen LogP contribution < -0.4 is 5.73 Å². The minimum atomic E-state index is -0.123. The minimum absolute atomic E-state index is 0.123. The predicted octanol–water partition coefficient (Wildman–Crippen LogP) is 2.00. The first-order chi connectivity index (χ1) is 5.70. The second-order valence-corrected chi connectivity index (χ2v) is 3.63. The molecule has 1 rings (SSSR count). The quantitative estimate of drug-likeness (QED) is 0.596. The molecule has 68 valence electrons. The van der Waals surface area contributed by atoms with E-state index in [0.717, 1.165) is 38.5 Å². The lowest BCUT2D eigenvalue weighted by Crippen LogP contribution is -2.23. The van der Waals surface area contributed by atoms with Gasteiger partial charge in [-0.15, -0.1) is 0 Å². The van der Waals surface area contributed by atoms with Gasteiger partial charge in [0.15, 0.2) is 0 Å². The molecule has 0 bridgehead atoms. The van der Waals surface area contributed by atoms with Crippen LogP contribution in [0.15, 0.2) is 12.2 Å². The highest BCUT2D eigenvalue weighted by Crippen LogP contribution is 2.24. The normalized spacial score (nSPS) is 21.5. The standard InChI is InChI=1S/C10H17NO/c1-8-4-2-6-9(10(11)12)7-3-5-8/h9H,1-7H2,(H2,11,12). The van der Waals surface area contributed by atoms with E-state index in [-0.39, 0.29) is 11.8 Å². The molecule has 2 N–H and O–H groups in total. The number of nitrogens with two attached hydrogens (primary N) is 1. The van der Waals surface area contributed by atoms with Crippen LogP contribution in [0.5, 0.6) is 0 Å². The lowest BCUT2D eigenvalue weighted by Gasteiger charge is -2.17. The first kappa shape index (κ1) is 9.30. The van der Waals surface area contributed by atoms with Gasteiger partial charge in [-0.05, 0) is 38.5 Å². The zero-order chi connectivity index (χ0) is 8.97. The maximum atomic E-state index is 10.9. The highest BCUT2D eigenvalue weighted by molar-refractivity contribution is 5.76. The van der Waals surface area contributed by atoms with E-state index in [1.807, 2.05) is 0 Å². The van der Waals surface area contributed by atoms with E-state index in [4.69, 9.17) is 5.73 Å². The van der Waals surface area contributed by atoms with Crippen LogP contribution in [-0.4, -0.2) is 5.91 Å². The van der Waals surface area contributed by atoms with Gasteiger partial charge in [0.05, 0.1) is 0 Å². The molecule has 1 saturated carbocycles. The highest BCUT2D eigenvalue weighted by atomic mass is 16.1. The summed E-state index contributed by atoms with van der Waals surface area (Å²) < 4.78 is 0. The molecule has 0 aromatic rings. The van der Waals surface area contributed by atoms with E-state index in [1.54, 1.807) is 0 Å². The summed E-state index contributed by atoms with van der Waals surface area (Å²) in [6.45, 7) is 3.97. The molecule has 0 aromatic carbocycles. The second-order valence-electron chi connectivity index (χ2n) is 3.63. The fourth-order valence-corrected chi connectivity index (χ4v) is 1.75. The number of allylic oxidation sites excluding steroid dienone is 1. The van der Waals surface area contributed by atoms with E-state index in [0.29, 0.717) is 0 Å². The average molecular weight is 167 g/mol. The Labute approximate surface area is 73.8 Å². The Morgan fingerprint density at radius 2 is 1.83 bits per heavy atom. The average Bonchev–Trinajstić information content (AvgIpc) is 1.95. The first-order valence-corrected chi connectivity index (χ1v) is 4.66. The molecule has 12 heavy (non-hydrogen) atoms. The topological polar surface area (TPSA) is 43.1 Å². The van der Waals surface area contributed by atoms with Crippen LogP contribution in [0, 0.1) is 5.92 Å². The molecule has 0 aromatic heterocycles. The molecular weight excluding hydrogens is 150 g/mol. The van der Waals surface area contributed by atoms with Gasteiger partial charge in [0, 0.05) is 5.92 Å². The van der Waals surface area contributed by atoms with Crippen molar-refractivity contribution >= 4 is 5.91 Å². The zero-order valence-corrected chi connectivity index (χ0v) is 7.51. The van der Waals surface area contributed by atoms with Crippen molar-refractivity contribution in [3.05, 3.63) is 12.2 Å². The molecule has 0 aliphatic heterocycles. The maximum Gasteiger partial charge on any atom is 0.220 e. The summed E-state index contributed by atoms with van der Waals surface area (Å²) in [4.78, 5) is 10.9. The van der Waals surface area contributed by atoms with Crippen LogP contribution in [0.1, 0.15) is 38.5 Å². The monoisotopic (exact) mass is 167 g/mol. The maximum absolute atomic E-state index is 10.9. The van der Waals surface area contributed by atoms with E-state index in [1.165, 1.54) is 5.57 Å². The van der Waals surface area contributed by atoms with Gasteiger partial charge in [0.1, 0.15) is 0 Å². The molecule has 0 saturated heterocycles. The molecule has 1 amide bonds. The Bertz CT molecular complexity index is 174. The molecular formula is C10H17NO. The molecule has 2 nitrogen and oxygen atoms in total. The van der Waals surface area contributed by atoms with Crippen LogP contribution in [-0.2, 0) is 4.79 Å². The van der Waals surface area contributed by atoms with Crippen molar-refractivity contribution in [3.63, 3.8) is 0 Å². The van der Waals surface area contributed by atoms with E-state index >= 15 is 0 Å². The Morgan fingerprint density at radius 3 is 2.25 bits per heavy atom. The molecule has 2 heteroatoms. The number of primary amides is 1. The Balaban J connectivity index is 2.40. The van der Waals surface area contributed by atoms with Crippen molar-refractivity contribution in [2.24, 2.45) is 11.7 Å². The van der Waals surface area contributed by atoms with Crippen molar-refractivity contribution in [1.82, 2.24) is 0 Å². The van der Waals surface area contributed by atoms with Crippen molar-refractivity contribution in [2.45, 2.75) is 38.5 Å². The number of hydrogen-bond donors (Lipinski definition) is 1. The predicted molar refractivity (Wildman–Crippen MR) is 49.5 cm³/mol. The summed E-state index contributed by atoms with van der Waals surface area (Å²) in [6, 6.07) is 0. The van der Waals surface area contributed by atoms with Gasteiger partial charge in [-0.2, -0.15) is 0 Å². The van der Waals surface area contributed by atoms with Gasteiger partial charge in [0.25, 0.3) is 0 Å². The molecule has 0 unspecified atom stereocenters. The van der Waals surface area contributed by atoms with Crippen LogP contribution >= 0.6 is 0 Å². The zero-order valence-electron chi connectivity index (χ0n) is 7.51. The summed E-state index contributed by atoms with van der Waals surface area (Å²) in [7, 11) is 0. The molecule has 0 radical (unpaired) electrons. The summed E-state index contributed by atoms with van der Waals surface area (Å²) in [6.07, 6.45) is 6.20. The van der Waals surface area contributed by atoms with Gasteiger partial charge >= 0.3 is 0 Å². The molecule has 1 aliphatic carbocycles. The third-order valence-corrected chi connectivity index (χ3v) is 2.57. The lowest BCUT2D eigenvalue weighted by atomic mass is 9.89. The number of hydrogen-bond acceptors (Lipinski definition) is 1. The lowest BCUT2D eigenvalue weighted by molar-refractivity contribution is -0.122. The van der Waals surface area contributed by atoms with E-state index < -0.39 is 0 Å². The molecule has 1 aliphatic rings. The fraction of sp³-hybridized carbons (Fsp3) is 0.700. The van der Waals surface area contributed by atoms with Crippen LogP contribution in [0.3, 0.4) is 0 Å². The molecule has 1 fully saturated rings. The van der Waals surface area contributed by atoms with Crippen molar-refractivity contribution in [2.75, 3.05) is 0 Å². The summed E-state index contributed by atoms with van der Waals surface area (Å²) in [5.74, 6) is 0.000567. The number of rotatable bonds is 1. The number of carbonyl (C=O) groups is 1. The van der Waals surface area contributed by atoms with Gasteiger partial charge in [-0.25, -0.2) is 0 Å². The molecule has 0 heterocycles. The van der Waals surface area contributed by atoms with E-state index in [2.05, 4.69) is 6.58 Å². The number of carbonyl (C=O) groups excluding carboxylic acids is 1. The molecule has 0 spiro atoms. The van der Waals surface area contributed by atoms with Gasteiger partial charge in [-0.3, -0.25) is 4.79 Å². The van der Waals surface area contributed by atoms with E-state index in [9.17, 15) is 4.79 Å². The van der Waals surface area contributed by atoms with Crippen molar-refractivity contribution in [3.8, 4) is 0 Å². The van der Waals surface area contributed by atoms with Crippen LogP contribution in [0.2, 0.25) is 0 Å². The van der Waals surface area contributed by atoms with Gasteiger partial charge < -0.3 is 5.73 Å². The highest BCUT2D eigenvalue weighted by Gasteiger charge is 2.16. The summed E-state index contributed by atoms with van der Waals surface area (Å²) in [5.41, 5.74) is 6.59. The number of amides is 1. The Hall–Kier alpha value is -0.790. The smallest absolute Gasteiger partial charge is 0.220 e. The van der Waals surface area contributed by atoms with Crippen molar-refractivity contribution < 1.29 is 4.79 Å². The minimum Gasteiger partial charge on any atom is -0.369 e. The second kappa shape index (κ2) is 4.29. The Morgan fingerprint density at radius 1 is 1.33 bits per heavy atom. The van der Waals surface area contributed by atoms with Gasteiger partial charge in [0.2, 0.25) is 5.91 Å². The summed E-state index contributed by atoms with van der Waals surface area (Å²) in [5, 5.41) is 0. The largest absolute Gasteiger partial charge is 0.369 e. The third-order valence-electron chi connectivity index (χ3n) is 2.57.